The molecule has 1 heterocycles. The van der Waals surface area contributed by atoms with Crippen molar-refractivity contribution in [2.75, 3.05) is 6.54 Å². The Bertz CT molecular complexity index is 711. The molecule has 1 saturated carbocycles. The van der Waals surface area contributed by atoms with Crippen LogP contribution in [-0.4, -0.2) is 44.3 Å². The molecule has 0 spiro atoms. The van der Waals surface area contributed by atoms with Crippen LogP contribution in [0.5, 0.6) is 0 Å². The Balaban J connectivity index is 1.86. The third-order valence-electron chi connectivity index (χ3n) is 3.50. The maximum atomic E-state index is 14.2. The van der Waals surface area contributed by atoms with Gasteiger partial charge < -0.3 is 10.0 Å². The summed E-state index contributed by atoms with van der Waals surface area (Å²) in [4.78, 5) is 24.5. The van der Waals surface area contributed by atoms with Crippen molar-refractivity contribution in [3.63, 3.8) is 0 Å². The smallest absolute Gasteiger partial charge is 0.323 e. The van der Waals surface area contributed by atoms with E-state index in [1.165, 1.54) is 27.9 Å². The molecule has 0 saturated heterocycles. The molecule has 2 aromatic rings. The average molecular weight is 303 g/mol. The third-order valence-corrected chi connectivity index (χ3v) is 3.50. The molecule has 0 radical (unpaired) electrons. The first-order chi connectivity index (χ1) is 10.6. The van der Waals surface area contributed by atoms with Gasteiger partial charge in [0.1, 0.15) is 18.0 Å². The normalized spacial score (nSPS) is 13.9. The lowest BCUT2D eigenvalue weighted by Gasteiger charge is -2.20. The molecule has 1 amide bonds. The summed E-state index contributed by atoms with van der Waals surface area (Å²) in [5.41, 5.74) is 0.374. The maximum absolute atomic E-state index is 14.2. The lowest BCUT2D eigenvalue weighted by molar-refractivity contribution is -0.137. The van der Waals surface area contributed by atoms with E-state index in [1.54, 1.807) is 12.3 Å². The summed E-state index contributed by atoms with van der Waals surface area (Å²) >= 11 is 0. The number of benzene rings is 1. The van der Waals surface area contributed by atoms with Crippen LogP contribution < -0.4 is 0 Å². The molecule has 1 N–H and O–H groups in total. The minimum atomic E-state index is -1.08. The highest BCUT2D eigenvalue weighted by atomic mass is 19.1. The second-order valence-corrected chi connectivity index (χ2v) is 5.17. The molecular formula is C15H14FN3O3. The number of amides is 1. The molecule has 7 heteroatoms. The maximum Gasteiger partial charge on any atom is 0.323 e. The first-order valence-electron chi connectivity index (χ1n) is 6.88. The second-order valence-electron chi connectivity index (χ2n) is 5.17. The predicted octanol–water partition coefficient (Wildman–Crippen LogP) is 1.70. The molecule has 1 aliphatic carbocycles. The monoisotopic (exact) mass is 303 g/mol. The number of aromatic nitrogens is 2. The van der Waals surface area contributed by atoms with E-state index in [0.717, 1.165) is 18.9 Å². The van der Waals surface area contributed by atoms with E-state index in [0.29, 0.717) is 0 Å². The topological polar surface area (TPSA) is 75.4 Å². The van der Waals surface area contributed by atoms with Gasteiger partial charge in [0.05, 0.1) is 0 Å². The standard InChI is InChI=1S/C15H14FN3O3/c16-12-8-10(2-5-13(12)19-7-1-6-17-19)15(22)18(9-14(20)21)11-3-4-11/h1-2,5-8,11H,3-4,9H2,(H,20,21). The van der Waals surface area contributed by atoms with E-state index < -0.39 is 17.7 Å². The van der Waals surface area contributed by atoms with Crippen LogP contribution in [0.2, 0.25) is 0 Å². The van der Waals surface area contributed by atoms with Crippen LogP contribution in [0.15, 0.2) is 36.7 Å². The van der Waals surface area contributed by atoms with Crippen LogP contribution >= 0.6 is 0 Å². The third kappa shape index (κ3) is 2.83. The molecule has 114 valence electrons. The number of aliphatic carboxylic acids is 1. The first-order valence-corrected chi connectivity index (χ1v) is 6.88. The van der Waals surface area contributed by atoms with Crippen LogP contribution in [0.1, 0.15) is 23.2 Å². The van der Waals surface area contributed by atoms with Gasteiger partial charge >= 0.3 is 5.97 Å². The van der Waals surface area contributed by atoms with Crippen LogP contribution in [0.4, 0.5) is 4.39 Å². The second kappa shape index (κ2) is 5.59. The zero-order valence-corrected chi connectivity index (χ0v) is 11.6. The van der Waals surface area contributed by atoms with Gasteiger partial charge in [-0.05, 0) is 37.1 Å². The molecule has 0 atom stereocenters. The quantitative estimate of drug-likeness (QED) is 0.912. The molecular weight excluding hydrogens is 289 g/mol. The number of hydrogen-bond donors (Lipinski definition) is 1. The Morgan fingerprint density at radius 1 is 1.41 bits per heavy atom. The van der Waals surface area contributed by atoms with Gasteiger partial charge in [-0.1, -0.05) is 0 Å². The number of rotatable bonds is 5. The molecule has 0 unspecified atom stereocenters. The summed E-state index contributed by atoms with van der Waals surface area (Å²) in [6.07, 6.45) is 4.70. The fourth-order valence-electron chi connectivity index (χ4n) is 2.30. The van der Waals surface area contributed by atoms with Gasteiger partial charge in [-0.2, -0.15) is 5.10 Å². The van der Waals surface area contributed by atoms with Gasteiger partial charge in [-0.3, -0.25) is 9.59 Å². The van der Waals surface area contributed by atoms with Crippen LogP contribution in [-0.2, 0) is 4.79 Å². The highest BCUT2D eigenvalue weighted by Gasteiger charge is 2.34. The predicted molar refractivity (Wildman–Crippen MR) is 75.2 cm³/mol. The highest BCUT2D eigenvalue weighted by molar-refractivity contribution is 5.96. The molecule has 1 aliphatic rings. The van der Waals surface area contributed by atoms with Gasteiger partial charge in [-0.15, -0.1) is 0 Å². The van der Waals surface area contributed by atoms with Gasteiger partial charge in [0.25, 0.3) is 5.91 Å². The van der Waals surface area contributed by atoms with Gasteiger partial charge in [0.15, 0.2) is 0 Å². The van der Waals surface area contributed by atoms with Crippen molar-refractivity contribution in [3.8, 4) is 5.69 Å². The van der Waals surface area contributed by atoms with Crippen LogP contribution in [0.3, 0.4) is 0 Å². The number of carbonyl (C=O) groups is 2. The molecule has 22 heavy (non-hydrogen) atoms. The fourth-order valence-corrected chi connectivity index (χ4v) is 2.30. The molecule has 3 rings (SSSR count). The van der Waals surface area contributed by atoms with Crippen molar-refractivity contribution in [1.29, 1.82) is 0 Å². The van der Waals surface area contributed by atoms with E-state index in [4.69, 9.17) is 5.11 Å². The van der Waals surface area contributed by atoms with Crippen molar-refractivity contribution >= 4 is 11.9 Å². The van der Waals surface area contributed by atoms with E-state index in [-0.39, 0.29) is 23.8 Å². The summed E-state index contributed by atoms with van der Waals surface area (Å²) in [6, 6.07) is 5.68. The summed E-state index contributed by atoms with van der Waals surface area (Å²) in [5, 5.41) is 12.8. The summed E-state index contributed by atoms with van der Waals surface area (Å²) in [6.45, 7) is -0.369. The molecule has 0 bridgehead atoms. The SMILES string of the molecule is O=C(O)CN(C(=O)c1ccc(-n2cccn2)c(F)c1)C1CC1. The van der Waals surface area contributed by atoms with Crippen molar-refractivity contribution < 1.29 is 19.1 Å². The minimum Gasteiger partial charge on any atom is -0.480 e. The van der Waals surface area contributed by atoms with Gasteiger partial charge in [-0.25, -0.2) is 9.07 Å². The fraction of sp³-hybridized carbons (Fsp3) is 0.267. The van der Waals surface area contributed by atoms with Gasteiger partial charge in [0, 0.05) is 24.0 Å². The molecule has 1 fully saturated rings. The average Bonchev–Trinajstić information content (AvgIpc) is 3.18. The largest absolute Gasteiger partial charge is 0.480 e. The zero-order valence-electron chi connectivity index (χ0n) is 11.6. The Morgan fingerprint density at radius 3 is 2.73 bits per heavy atom. The number of carbonyl (C=O) groups excluding carboxylic acids is 1. The van der Waals surface area contributed by atoms with Crippen LogP contribution in [0.25, 0.3) is 5.69 Å². The number of halogens is 1. The van der Waals surface area contributed by atoms with Crippen molar-refractivity contribution in [2.45, 2.75) is 18.9 Å². The Kier molecular flexibility index (Phi) is 3.62. The van der Waals surface area contributed by atoms with E-state index in [2.05, 4.69) is 5.10 Å². The number of carboxylic acid groups (broad SMARTS) is 1. The Labute approximate surface area is 125 Å². The van der Waals surface area contributed by atoms with E-state index in [9.17, 15) is 14.0 Å². The minimum absolute atomic E-state index is 0.0579. The molecule has 1 aromatic heterocycles. The summed E-state index contributed by atoms with van der Waals surface area (Å²) in [7, 11) is 0. The Hall–Kier alpha value is -2.70. The number of carboxylic acids is 1. The summed E-state index contributed by atoms with van der Waals surface area (Å²) < 4.78 is 15.5. The van der Waals surface area contributed by atoms with Crippen molar-refractivity contribution in [3.05, 3.63) is 48.0 Å². The number of hydrogen-bond acceptors (Lipinski definition) is 3. The van der Waals surface area contributed by atoms with Crippen LogP contribution in [0, 0.1) is 5.82 Å². The molecule has 6 nitrogen and oxygen atoms in total. The Morgan fingerprint density at radius 2 is 2.18 bits per heavy atom. The van der Waals surface area contributed by atoms with E-state index in [1.807, 2.05) is 0 Å². The molecule has 1 aromatic carbocycles. The van der Waals surface area contributed by atoms with E-state index >= 15 is 0 Å². The summed E-state index contributed by atoms with van der Waals surface area (Å²) in [5.74, 6) is -2.12. The molecule has 0 aliphatic heterocycles. The highest BCUT2D eigenvalue weighted by Crippen LogP contribution is 2.28. The van der Waals surface area contributed by atoms with Gasteiger partial charge in [0.2, 0.25) is 0 Å². The number of nitrogens with zero attached hydrogens (tertiary/aromatic N) is 3. The van der Waals surface area contributed by atoms with Crippen molar-refractivity contribution in [2.24, 2.45) is 0 Å². The zero-order chi connectivity index (χ0) is 15.7. The lowest BCUT2D eigenvalue weighted by Crippen LogP contribution is -2.37. The first kappa shape index (κ1) is 14.2. The van der Waals surface area contributed by atoms with Crippen molar-refractivity contribution in [1.82, 2.24) is 14.7 Å². The lowest BCUT2D eigenvalue weighted by atomic mass is 10.1.